The smallest absolute Gasteiger partial charge is 0.251 e. The Bertz CT molecular complexity index is 1200. The lowest BCUT2D eigenvalue weighted by Gasteiger charge is -2.30. The summed E-state index contributed by atoms with van der Waals surface area (Å²) in [4.78, 5) is 29.1. The van der Waals surface area contributed by atoms with E-state index in [1.165, 1.54) is 36.3 Å². The SMILES string of the molecule is CC[C@H](C(=O)NCCC(C)C)N(C(=O)Cn1nnc(-c2ccc(OC)c(OC)c2)n1)c1ccc(F)cc1. The molecule has 1 atom stereocenters. The van der Waals surface area contributed by atoms with Crippen LogP contribution in [0.1, 0.15) is 33.6 Å². The number of halogens is 1. The summed E-state index contributed by atoms with van der Waals surface area (Å²) in [6.45, 7) is 6.18. The van der Waals surface area contributed by atoms with Crippen molar-refractivity contribution in [1.82, 2.24) is 25.5 Å². The van der Waals surface area contributed by atoms with Crippen LogP contribution in [0.5, 0.6) is 11.5 Å². The fraction of sp³-hybridized carbons (Fsp3) is 0.423. The Kier molecular flexibility index (Phi) is 9.53. The first-order valence-corrected chi connectivity index (χ1v) is 12.1. The summed E-state index contributed by atoms with van der Waals surface area (Å²) in [6.07, 6.45) is 1.17. The Balaban J connectivity index is 1.84. The van der Waals surface area contributed by atoms with E-state index in [4.69, 9.17) is 9.47 Å². The van der Waals surface area contributed by atoms with Crippen molar-refractivity contribution in [3.05, 3.63) is 48.3 Å². The molecule has 0 bridgehead atoms. The quantitative estimate of drug-likeness (QED) is 0.396. The number of hydrogen-bond acceptors (Lipinski definition) is 7. The van der Waals surface area contributed by atoms with Gasteiger partial charge in [0.1, 0.15) is 18.4 Å². The number of nitrogens with one attached hydrogen (secondary N) is 1. The number of anilines is 1. The van der Waals surface area contributed by atoms with Gasteiger partial charge in [-0.05, 0) is 66.4 Å². The summed E-state index contributed by atoms with van der Waals surface area (Å²) >= 11 is 0. The highest BCUT2D eigenvalue weighted by molar-refractivity contribution is 6.00. The second-order valence-electron chi connectivity index (χ2n) is 8.85. The summed E-state index contributed by atoms with van der Waals surface area (Å²) in [5.41, 5.74) is 1.03. The molecule has 0 spiro atoms. The van der Waals surface area contributed by atoms with E-state index in [1.54, 1.807) is 25.3 Å². The molecular formula is C26H33FN6O4. The molecule has 0 radical (unpaired) electrons. The van der Waals surface area contributed by atoms with E-state index in [2.05, 4.69) is 34.6 Å². The van der Waals surface area contributed by atoms with Crippen LogP contribution in [0.2, 0.25) is 0 Å². The van der Waals surface area contributed by atoms with Gasteiger partial charge < -0.3 is 14.8 Å². The van der Waals surface area contributed by atoms with Crippen LogP contribution < -0.4 is 19.7 Å². The van der Waals surface area contributed by atoms with E-state index in [1.807, 2.05) is 6.92 Å². The molecule has 2 aromatic carbocycles. The predicted octanol–water partition coefficient (Wildman–Crippen LogP) is 3.47. The number of carbonyl (C=O) groups is 2. The molecule has 3 rings (SSSR count). The van der Waals surface area contributed by atoms with Gasteiger partial charge in [0.15, 0.2) is 11.5 Å². The van der Waals surface area contributed by atoms with Gasteiger partial charge in [0.2, 0.25) is 11.7 Å². The van der Waals surface area contributed by atoms with Gasteiger partial charge >= 0.3 is 0 Å². The Morgan fingerprint density at radius 2 is 1.78 bits per heavy atom. The maximum atomic E-state index is 13.6. The molecule has 1 N–H and O–H groups in total. The van der Waals surface area contributed by atoms with Crippen LogP contribution >= 0.6 is 0 Å². The minimum absolute atomic E-state index is 0.270. The molecule has 0 aliphatic carbocycles. The monoisotopic (exact) mass is 512 g/mol. The van der Waals surface area contributed by atoms with E-state index < -0.39 is 17.8 Å². The topological polar surface area (TPSA) is 111 Å². The van der Waals surface area contributed by atoms with Crippen LogP contribution in [0.4, 0.5) is 10.1 Å². The van der Waals surface area contributed by atoms with Gasteiger partial charge in [0.25, 0.3) is 5.91 Å². The molecule has 3 aromatic rings. The predicted molar refractivity (Wildman–Crippen MR) is 137 cm³/mol. The molecule has 0 aliphatic heterocycles. The minimum atomic E-state index is -0.793. The van der Waals surface area contributed by atoms with Crippen LogP contribution in [0.15, 0.2) is 42.5 Å². The molecule has 0 saturated carbocycles. The second kappa shape index (κ2) is 12.8. The van der Waals surface area contributed by atoms with E-state index in [-0.39, 0.29) is 12.5 Å². The molecule has 0 unspecified atom stereocenters. The highest BCUT2D eigenvalue weighted by Gasteiger charge is 2.30. The molecule has 0 fully saturated rings. The van der Waals surface area contributed by atoms with Crippen molar-refractivity contribution in [1.29, 1.82) is 0 Å². The zero-order valence-electron chi connectivity index (χ0n) is 21.8. The van der Waals surface area contributed by atoms with Crippen LogP contribution in [0.25, 0.3) is 11.4 Å². The molecular weight excluding hydrogens is 479 g/mol. The second-order valence-corrected chi connectivity index (χ2v) is 8.85. The lowest BCUT2D eigenvalue weighted by Crippen LogP contribution is -2.51. The van der Waals surface area contributed by atoms with E-state index in [0.29, 0.717) is 47.5 Å². The maximum Gasteiger partial charge on any atom is 0.251 e. The van der Waals surface area contributed by atoms with Gasteiger partial charge in [0.05, 0.1) is 14.2 Å². The number of nitrogens with zero attached hydrogens (tertiary/aromatic N) is 5. The molecule has 37 heavy (non-hydrogen) atoms. The lowest BCUT2D eigenvalue weighted by molar-refractivity contribution is -0.127. The summed E-state index contributed by atoms with van der Waals surface area (Å²) in [6, 6.07) is 9.84. The highest BCUT2D eigenvalue weighted by atomic mass is 19.1. The van der Waals surface area contributed by atoms with E-state index in [0.717, 1.165) is 11.2 Å². The van der Waals surface area contributed by atoms with Crippen LogP contribution in [-0.2, 0) is 16.1 Å². The fourth-order valence-electron chi connectivity index (χ4n) is 3.78. The average molecular weight is 513 g/mol. The maximum absolute atomic E-state index is 13.6. The largest absolute Gasteiger partial charge is 0.493 e. The molecule has 10 nitrogen and oxygen atoms in total. The third-order valence-corrected chi connectivity index (χ3v) is 5.77. The van der Waals surface area contributed by atoms with Gasteiger partial charge in [-0.15, -0.1) is 10.2 Å². The molecule has 0 aliphatic rings. The third-order valence-electron chi connectivity index (χ3n) is 5.77. The van der Waals surface area contributed by atoms with Crippen molar-refractivity contribution >= 4 is 17.5 Å². The van der Waals surface area contributed by atoms with Crippen molar-refractivity contribution in [3.63, 3.8) is 0 Å². The third kappa shape index (κ3) is 7.02. The molecule has 11 heteroatoms. The van der Waals surface area contributed by atoms with Crippen LogP contribution in [0, 0.1) is 11.7 Å². The number of amides is 2. The van der Waals surface area contributed by atoms with Gasteiger partial charge in [-0.2, -0.15) is 4.80 Å². The lowest BCUT2D eigenvalue weighted by atomic mass is 10.1. The molecule has 1 heterocycles. The number of rotatable bonds is 12. The highest BCUT2D eigenvalue weighted by Crippen LogP contribution is 2.30. The van der Waals surface area contributed by atoms with Crippen molar-refractivity contribution in [2.75, 3.05) is 25.7 Å². The van der Waals surface area contributed by atoms with E-state index in [9.17, 15) is 14.0 Å². The standard InChI is InChI=1S/C26H33FN6O4/c1-6-21(26(35)28-14-13-17(2)3)33(20-10-8-19(27)9-11-20)24(34)16-32-30-25(29-31-32)18-7-12-22(36-4)23(15-18)37-5/h7-12,15,17,21H,6,13-14,16H2,1-5H3,(H,28,35)/t21-/m1/s1. The molecule has 198 valence electrons. The number of ether oxygens (including phenoxy) is 2. The van der Waals surface area contributed by atoms with E-state index >= 15 is 0 Å². The van der Waals surface area contributed by atoms with Crippen LogP contribution in [0.3, 0.4) is 0 Å². The van der Waals surface area contributed by atoms with Crippen molar-refractivity contribution in [2.24, 2.45) is 5.92 Å². The van der Waals surface area contributed by atoms with Crippen molar-refractivity contribution in [2.45, 2.75) is 46.2 Å². The summed E-state index contributed by atoms with van der Waals surface area (Å²) < 4.78 is 24.2. The van der Waals surface area contributed by atoms with Gasteiger partial charge in [-0.1, -0.05) is 20.8 Å². The zero-order chi connectivity index (χ0) is 26.9. The molecule has 1 aromatic heterocycles. The zero-order valence-corrected chi connectivity index (χ0v) is 21.8. The Labute approximate surface area is 215 Å². The summed E-state index contributed by atoms with van der Waals surface area (Å²) in [5.74, 6) is 0.620. The van der Waals surface area contributed by atoms with Crippen molar-refractivity contribution < 1.29 is 23.5 Å². The average Bonchev–Trinajstić information content (AvgIpc) is 3.35. The number of benzene rings is 2. The van der Waals surface area contributed by atoms with Gasteiger partial charge in [-0.25, -0.2) is 4.39 Å². The van der Waals surface area contributed by atoms with Crippen molar-refractivity contribution in [3.8, 4) is 22.9 Å². The minimum Gasteiger partial charge on any atom is -0.493 e. The number of hydrogen-bond donors (Lipinski definition) is 1. The normalized spacial score (nSPS) is 11.8. The number of methoxy groups -OCH3 is 2. The Hall–Kier alpha value is -4.02. The van der Waals surface area contributed by atoms with Crippen LogP contribution in [-0.4, -0.2) is 58.8 Å². The summed E-state index contributed by atoms with van der Waals surface area (Å²) in [7, 11) is 3.07. The number of tetrazole rings is 1. The van der Waals surface area contributed by atoms with Gasteiger partial charge in [0, 0.05) is 17.8 Å². The molecule has 0 saturated heterocycles. The fourth-order valence-corrected chi connectivity index (χ4v) is 3.78. The first kappa shape index (κ1) is 27.6. The first-order valence-electron chi connectivity index (χ1n) is 12.1. The first-order chi connectivity index (χ1) is 17.8. The number of carbonyl (C=O) groups excluding carboxylic acids is 2. The van der Waals surface area contributed by atoms with Gasteiger partial charge in [-0.3, -0.25) is 14.5 Å². The Morgan fingerprint density at radius 1 is 1.08 bits per heavy atom. The molecule has 2 amide bonds. The summed E-state index contributed by atoms with van der Waals surface area (Å²) in [5, 5.41) is 15.3. The number of aromatic nitrogens is 4. The Morgan fingerprint density at radius 3 is 2.41 bits per heavy atom.